The fourth-order valence-corrected chi connectivity index (χ4v) is 4.34. The molecule has 174 valence electrons. The second-order valence-electron chi connectivity index (χ2n) is 7.74. The summed E-state index contributed by atoms with van der Waals surface area (Å²) in [6, 6.07) is 23.3. The Kier molecular flexibility index (Phi) is 8.10. The standard InChI is InChI=1S/C26H24N4.C2H6.C2H4/c1-3-18-8-12-21(13-9-18)28-26-29-23-16-20(17(2)27)11-15-25(23)30(26)24-14-10-19-6-4-5-7-22(19)24;2*1-2/h3-9,11-13,15-16,24H,1-2,10,14,27H2,(H,28,29);1-2H3;1-2H2. The molecule has 1 atom stereocenters. The zero-order chi connectivity index (χ0) is 24.7. The van der Waals surface area contributed by atoms with Gasteiger partial charge in [0.2, 0.25) is 5.95 Å². The summed E-state index contributed by atoms with van der Waals surface area (Å²) in [5.41, 5.74) is 14.2. The Bertz CT molecular complexity index is 1280. The number of rotatable bonds is 5. The third-order valence-corrected chi connectivity index (χ3v) is 5.88. The number of nitrogens with one attached hydrogen (secondary N) is 1. The number of aromatic nitrogens is 2. The number of hydrogen-bond donors (Lipinski definition) is 2. The molecule has 4 nitrogen and oxygen atoms in total. The Balaban J connectivity index is 0.000000771. The van der Waals surface area contributed by atoms with Gasteiger partial charge < -0.3 is 15.6 Å². The topological polar surface area (TPSA) is 55.9 Å². The van der Waals surface area contributed by atoms with Crippen molar-refractivity contribution in [1.29, 1.82) is 0 Å². The van der Waals surface area contributed by atoms with Gasteiger partial charge in [-0.2, -0.15) is 0 Å². The molecule has 0 amide bonds. The predicted octanol–water partition coefficient (Wildman–Crippen LogP) is 7.72. The largest absolute Gasteiger partial charge is 0.399 e. The van der Waals surface area contributed by atoms with E-state index in [1.165, 1.54) is 11.1 Å². The summed E-state index contributed by atoms with van der Waals surface area (Å²) in [6.45, 7) is 17.7. The first-order valence-corrected chi connectivity index (χ1v) is 11.7. The summed E-state index contributed by atoms with van der Waals surface area (Å²) in [7, 11) is 0. The molecule has 0 bridgehead atoms. The van der Waals surface area contributed by atoms with Gasteiger partial charge in [-0.1, -0.05) is 75.5 Å². The SMILES string of the molecule is C=C.C=Cc1ccc(Nc2nc3cc(C(=C)N)ccc3n2C2CCc3ccccc32)cc1.CC. The average Bonchev–Trinajstić information content (AvgIpc) is 3.47. The van der Waals surface area contributed by atoms with E-state index in [-0.39, 0.29) is 6.04 Å². The number of benzene rings is 3. The second-order valence-corrected chi connectivity index (χ2v) is 7.74. The zero-order valence-corrected chi connectivity index (χ0v) is 20.2. The maximum absolute atomic E-state index is 5.93. The summed E-state index contributed by atoms with van der Waals surface area (Å²) in [5.74, 6) is 0.831. The first kappa shape index (κ1) is 24.6. The van der Waals surface area contributed by atoms with E-state index in [0.29, 0.717) is 5.70 Å². The molecule has 3 aromatic carbocycles. The van der Waals surface area contributed by atoms with Crippen molar-refractivity contribution in [2.75, 3.05) is 5.32 Å². The monoisotopic (exact) mass is 450 g/mol. The van der Waals surface area contributed by atoms with Crippen molar-refractivity contribution in [1.82, 2.24) is 9.55 Å². The van der Waals surface area contributed by atoms with Crippen molar-refractivity contribution in [2.45, 2.75) is 32.7 Å². The summed E-state index contributed by atoms with van der Waals surface area (Å²) in [4.78, 5) is 4.95. The lowest BCUT2D eigenvalue weighted by molar-refractivity contribution is 0.602. The van der Waals surface area contributed by atoms with Crippen molar-refractivity contribution in [3.8, 4) is 0 Å². The molecule has 0 saturated carbocycles. The van der Waals surface area contributed by atoms with Gasteiger partial charge in [0.1, 0.15) is 0 Å². The summed E-state index contributed by atoms with van der Waals surface area (Å²) < 4.78 is 2.33. The molecule has 34 heavy (non-hydrogen) atoms. The number of hydrogen-bond acceptors (Lipinski definition) is 3. The molecule has 1 heterocycles. The minimum atomic E-state index is 0.244. The van der Waals surface area contributed by atoms with Gasteiger partial charge in [-0.15, -0.1) is 13.2 Å². The Labute approximate surface area is 203 Å². The first-order valence-electron chi connectivity index (χ1n) is 11.7. The summed E-state index contributed by atoms with van der Waals surface area (Å²) >= 11 is 0. The second kappa shape index (κ2) is 11.2. The molecule has 4 heteroatoms. The third kappa shape index (κ3) is 4.81. The normalized spacial score (nSPS) is 13.6. The van der Waals surface area contributed by atoms with E-state index in [2.05, 4.69) is 78.7 Å². The van der Waals surface area contributed by atoms with Crippen LogP contribution in [0.4, 0.5) is 11.6 Å². The molecule has 1 aliphatic carbocycles. The number of fused-ring (bicyclic) bond motifs is 2. The molecule has 1 unspecified atom stereocenters. The van der Waals surface area contributed by atoms with Crippen LogP contribution in [-0.2, 0) is 6.42 Å². The molecular weight excluding hydrogens is 416 g/mol. The highest BCUT2D eigenvalue weighted by molar-refractivity contribution is 5.84. The average molecular weight is 451 g/mol. The van der Waals surface area contributed by atoms with Gasteiger partial charge in [0, 0.05) is 11.4 Å². The van der Waals surface area contributed by atoms with Crippen LogP contribution in [0.1, 0.15) is 48.6 Å². The van der Waals surface area contributed by atoms with Gasteiger partial charge in [-0.3, -0.25) is 0 Å². The summed E-state index contributed by atoms with van der Waals surface area (Å²) in [6.07, 6.45) is 3.97. The van der Waals surface area contributed by atoms with E-state index < -0.39 is 0 Å². The number of imidazole rings is 1. The molecule has 0 spiro atoms. The van der Waals surface area contributed by atoms with Crippen LogP contribution in [0.2, 0.25) is 0 Å². The molecular formula is C30H34N4. The fraction of sp³-hybridized carbons (Fsp3) is 0.167. The van der Waals surface area contributed by atoms with Crippen LogP contribution in [-0.4, -0.2) is 9.55 Å². The molecule has 0 radical (unpaired) electrons. The molecule has 4 aromatic rings. The van der Waals surface area contributed by atoms with Gasteiger partial charge >= 0.3 is 0 Å². The Morgan fingerprint density at radius 3 is 2.44 bits per heavy atom. The maximum Gasteiger partial charge on any atom is 0.209 e. The van der Waals surface area contributed by atoms with Gasteiger partial charge in [0.05, 0.1) is 17.1 Å². The molecule has 5 rings (SSSR count). The van der Waals surface area contributed by atoms with Gasteiger partial charge in [0.15, 0.2) is 0 Å². The number of anilines is 2. The molecule has 1 aromatic heterocycles. The highest BCUT2D eigenvalue weighted by Crippen LogP contribution is 2.39. The van der Waals surface area contributed by atoms with Crippen molar-refractivity contribution < 1.29 is 0 Å². The van der Waals surface area contributed by atoms with Crippen molar-refractivity contribution >= 4 is 34.4 Å². The van der Waals surface area contributed by atoms with E-state index in [0.717, 1.165) is 46.6 Å². The van der Waals surface area contributed by atoms with E-state index in [9.17, 15) is 0 Å². The van der Waals surface area contributed by atoms with Crippen LogP contribution < -0.4 is 11.1 Å². The van der Waals surface area contributed by atoms with Gasteiger partial charge in [-0.05, 0) is 59.4 Å². The van der Waals surface area contributed by atoms with E-state index in [1.54, 1.807) is 0 Å². The Hall–Kier alpha value is -4.05. The lowest BCUT2D eigenvalue weighted by atomic mass is 10.1. The van der Waals surface area contributed by atoms with Crippen LogP contribution in [0.15, 0.2) is 93.0 Å². The highest BCUT2D eigenvalue weighted by Gasteiger charge is 2.27. The van der Waals surface area contributed by atoms with Crippen LogP contribution in [0.25, 0.3) is 22.8 Å². The quantitative estimate of drug-likeness (QED) is 0.306. The summed E-state index contributed by atoms with van der Waals surface area (Å²) in [5, 5.41) is 3.53. The molecule has 0 fully saturated rings. The number of aryl methyl sites for hydroxylation is 1. The van der Waals surface area contributed by atoms with Crippen LogP contribution in [0.5, 0.6) is 0 Å². The third-order valence-electron chi connectivity index (χ3n) is 5.88. The Morgan fingerprint density at radius 1 is 1.06 bits per heavy atom. The number of nitrogens with two attached hydrogens (primary N) is 1. The lowest BCUT2D eigenvalue weighted by Crippen LogP contribution is -2.11. The smallest absolute Gasteiger partial charge is 0.209 e. The van der Waals surface area contributed by atoms with Gasteiger partial charge in [0.25, 0.3) is 0 Å². The van der Waals surface area contributed by atoms with E-state index in [1.807, 2.05) is 44.2 Å². The zero-order valence-electron chi connectivity index (χ0n) is 20.2. The lowest BCUT2D eigenvalue weighted by Gasteiger charge is -2.19. The molecule has 0 aliphatic heterocycles. The van der Waals surface area contributed by atoms with Crippen LogP contribution in [0.3, 0.4) is 0 Å². The molecule has 3 N–H and O–H groups in total. The maximum atomic E-state index is 5.93. The number of nitrogens with zero attached hydrogens (tertiary/aromatic N) is 2. The van der Waals surface area contributed by atoms with Crippen molar-refractivity contribution in [3.63, 3.8) is 0 Å². The fourth-order valence-electron chi connectivity index (χ4n) is 4.34. The van der Waals surface area contributed by atoms with Crippen molar-refractivity contribution in [2.24, 2.45) is 5.73 Å². The minimum Gasteiger partial charge on any atom is -0.399 e. The molecule has 0 saturated heterocycles. The van der Waals surface area contributed by atoms with E-state index in [4.69, 9.17) is 10.7 Å². The Morgan fingerprint density at radius 2 is 1.76 bits per heavy atom. The van der Waals surface area contributed by atoms with Crippen molar-refractivity contribution in [3.05, 3.63) is 115 Å². The predicted molar refractivity (Wildman–Crippen MR) is 148 cm³/mol. The minimum absolute atomic E-state index is 0.244. The molecule has 1 aliphatic rings. The van der Waals surface area contributed by atoms with Crippen LogP contribution in [0, 0.1) is 0 Å². The van der Waals surface area contributed by atoms with Gasteiger partial charge in [-0.25, -0.2) is 4.98 Å². The highest BCUT2D eigenvalue weighted by atomic mass is 15.2. The first-order chi connectivity index (χ1) is 16.6. The van der Waals surface area contributed by atoms with E-state index >= 15 is 0 Å². The van der Waals surface area contributed by atoms with Crippen LogP contribution >= 0.6 is 0 Å².